The van der Waals surface area contributed by atoms with Crippen LogP contribution in [0.4, 0.5) is 0 Å². The zero-order chi connectivity index (χ0) is 4.50. The van der Waals surface area contributed by atoms with Crippen molar-refractivity contribution in [3.63, 3.8) is 0 Å². The van der Waals surface area contributed by atoms with Gasteiger partial charge >= 0.3 is 57.9 Å². The molecule has 0 unspecified atom stereocenters. The molecule has 0 aliphatic rings. The summed E-state index contributed by atoms with van der Waals surface area (Å²) in [7, 11) is -4.61. The zero-order valence-electron chi connectivity index (χ0n) is 5.50. The van der Waals surface area contributed by atoms with Crippen molar-refractivity contribution in [1.29, 1.82) is 0 Å². The summed E-state index contributed by atoms with van der Waals surface area (Å²) >= 11 is 0. The summed E-state index contributed by atoms with van der Waals surface area (Å²) in [6, 6.07) is 0. The number of hydrogen-bond acceptors (Lipinski definition) is 4. The summed E-state index contributed by atoms with van der Waals surface area (Å²) in [6.45, 7) is 0. The third-order valence-corrected chi connectivity index (χ3v) is 0. The molecule has 0 spiro atoms. The molecule has 4 nitrogen and oxygen atoms in total. The standard InChI is InChI=1S/Ba.H4O4Si.Ti.2H/c;1-5(2,3)4;;;/h;1-4H;;;/q+2;;;2*-1. The van der Waals surface area contributed by atoms with Crippen LogP contribution in [0.3, 0.4) is 0 Å². The minimum atomic E-state index is -4.61. The Kier molecular flexibility index (Phi) is 14.9. The maximum atomic E-state index is 7.33. The Morgan fingerprint density at radius 2 is 1.00 bits per heavy atom. The first kappa shape index (κ1) is 16.2. The molecule has 0 amide bonds. The van der Waals surface area contributed by atoms with E-state index in [1.54, 1.807) is 0 Å². The molecule has 7 heteroatoms. The molecular formula is H6BaO4SiTi. The molecule has 0 heterocycles. The van der Waals surface area contributed by atoms with Crippen molar-refractivity contribution in [1.82, 2.24) is 0 Å². The first-order chi connectivity index (χ1) is 2.00. The molecule has 0 radical (unpaired) electrons. The van der Waals surface area contributed by atoms with Crippen LogP contribution in [0.1, 0.15) is 2.85 Å². The SMILES string of the molecule is O[Si](O)(O)O.[Ba+2].[H-].[H-].[Ti]. The van der Waals surface area contributed by atoms with Gasteiger partial charge < -0.3 is 22.0 Å². The fraction of sp³-hybridized carbons (Fsp3) is 0. The van der Waals surface area contributed by atoms with Gasteiger partial charge in [-0.05, 0) is 0 Å². The topological polar surface area (TPSA) is 80.9 Å². The molecule has 0 aliphatic heterocycles. The van der Waals surface area contributed by atoms with E-state index in [0.29, 0.717) is 0 Å². The molecule has 0 saturated heterocycles. The van der Waals surface area contributed by atoms with Gasteiger partial charge in [0, 0.05) is 21.7 Å². The first-order valence-electron chi connectivity index (χ1n) is 0.894. The van der Waals surface area contributed by atoms with Crippen LogP contribution < -0.4 is 0 Å². The predicted octanol–water partition coefficient (Wildman–Crippen LogP) is -2.77. The summed E-state index contributed by atoms with van der Waals surface area (Å²) in [4.78, 5) is 29.3. The third-order valence-electron chi connectivity index (χ3n) is 0. The van der Waals surface area contributed by atoms with Gasteiger partial charge in [-0.2, -0.15) is 0 Å². The van der Waals surface area contributed by atoms with Crippen LogP contribution in [0, 0.1) is 0 Å². The Balaban J connectivity index is -0.0000000133. The van der Waals surface area contributed by atoms with Crippen molar-refractivity contribution in [2.75, 3.05) is 0 Å². The second kappa shape index (κ2) is 6.46. The number of hydrogen-bond donors (Lipinski definition) is 4. The van der Waals surface area contributed by atoms with E-state index in [-0.39, 0.29) is 73.5 Å². The zero-order valence-corrected chi connectivity index (χ0v) is 10.5. The second-order valence-electron chi connectivity index (χ2n) is 0.600. The molecule has 0 aromatic carbocycles. The molecule has 7 heavy (non-hydrogen) atoms. The smallest absolute Gasteiger partial charge is 1.00 e. The van der Waals surface area contributed by atoms with Crippen molar-refractivity contribution < 1.29 is 43.8 Å². The largest absolute Gasteiger partial charge is 2.00 e. The van der Waals surface area contributed by atoms with E-state index in [2.05, 4.69) is 0 Å². The molecule has 0 aromatic rings. The van der Waals surface area contributed by atoms with E-state index >= 15 is 0 Å². The molecule has 0 bridgehead atoms. The van der Waals surface area contributed by atoms with Gasteiger partial charge in [-0.25, -0.2) is 0 Å². The molecule has 40 valence electrons. The molecule has 0 rings (SSSR count). The van der Waals surface area contributed by atoms with E-state index in [1.807, 2.05) is 0 Å². The summed E-state index contributed by atoms with van der Waals surface area (Å²) in [5.41, 5.74) is 0. The van der Waals surface area contributed by atoms with Gasteiger partial charge in [0.15, 0.2) is 0 Å². The monoisotopic (exact) mass is 284 g/mol. The predicted molar refractivity (Wildman–Crippen MR) is 22.6 cm³/mol. The van der Waals surface area contributed by atoms with Crippen LogP contribution in [0.5, 0.6) is 0 Å². The molecule has 0 atom stereocenters. The van der Waals surface area contributed by atoms with Gasteiger partial charge in [0.05, 0.1) is 0 Å². The Bertz CT molecular complexity index is 34.0. The molecule has 4 N–H and O–H groups in total. The van der Waals surface area contributed by atoms with Crippen LogP contribution in [-0.2, 0) is 21.7 Å². The average Bonchev–Trinajstić information content (AvgIpc) is 0.722. The first-order valence-corrected chi connectivity index (χ1v) is 2.68. The van der Waals surface area contributed by atoms with E-state index in [4.69, 9.17) is 19.2 Å². The van der Waals surface area contributed by atoms with E-state index in [1.165, 1.54) is 0 Å². The molecular weight excluding hydrogens is 277 g/mol. The maximum Gasteiger partial charge on any atom is 2.00 e. The number of rotatable bonds is 0. The average molecular weight is 283 g/mol. The normalized spacial score (nSPS) is 8.57. The van der Waals surface area contributed by atoms with Crippen molar-refractivity contribution >= 4 is 57.9 Å². The Labute approximate surface area is 100.0 Å². The van der Waals surface area contributed by atoms with Gasteiger partial charge in [-0.15, -0.1) is 0 Å². The second-order valence-corrected chi connectivity index (χ2v) is 1.80. The van der Waals surface area contributed by atoms with Crippen LogP contribution >= 0.6 is 0 Å². The van der Waals surface area contributed by atoms with Crippen LogP contribution in [0.2, 0.25) is 0 Å². The van der Waals surface area contributed by atoms with E-state index in [0.717, 1.165) is 0 Å². The van der Waals surface area contributed by atoms with Crippen LogP contribution in [-0.4, -0.2) is 77.1 Å². The fourth-order valence-corrected chi connectivity index (χ4v) is 0. The molecule has 0 aliphatic carbocycles. The maximum absolute atomic E-state index is 7.33. The van der Waals surface area contributed by atoms with Gasteiger partial charge in [0.2, 0.25) is 0 Å². The third kappa shape index (κ3) is 61.2. The van der Waals surface area contributed by atoms with Gasteiger partial charge in [0.25, 0.3) is 0 Å². The van der Waals surface area contributed by atoms with Crippen molar-refractivity contribution in [3.8, 4) is 0 Å². The molecule has 0 saturated carbocycles. The summed E-state index contributed by atoms with van der Waals surface area (Å²) in [5, 5.41) is 0. The van der Waals surface area contributed by atoms with E-state index < -0.39 is 9.05 Å². The van der Waals surface area contributed by atoms with Gasteiger partial charge in [0.1, 0.15) is 0 Å². The summed E-state index contributed by atoms with van der Waals surface area (Å²) < 4.78 is 0. The van der Waals surface area contributed by atoms with E-state index in [9.17, 15) is 0 Å². The minimum Gasteiger partial charge on any atom is -1.00 e. The summed E-state index contributed by atoms with van der Waals surface area (Å²) in [5.74, 6) is 0. The fourth-order valence-electron chi connectivity index (χ4n) is 0. The van der Waals surface area contributed by atoms with Crippen molar-refractivity contribution in [3.05, 3.63) is 0 Å². The quantitative estimate of drug-likeness (QED) is 0.363. The Morgan fingerprint density at radius 3 is 1.00 bits per heavy atom. The van der Waals surface area contributed by atoms with Gasteiger partial charge in [-0.1, -0.05) is 0 Å². The van der Waals surface area contributed by atoms with Crippen LogP contribution in [0.25, 0.3) is 0 Å². The van der Waals surface area contributed by atoms with Crippen molar-refractivity contribution in [2.24, 2.45) is 0 Å². The molecule has 0 fully saturated rings. The van der Waals surface area contributed by atoms with Crippen LogP contribution in [0.15, 0.2) is 0 Å². The van der Waals surface area contributed by atoms with Gasteiger partial charge in [-0.3, -0.25) is 0 Å². The Morgan fingerprint density at radius 1 is 1.00 bits per heavy atom. The Hall–Kier alpha value is 2.34. The summed E-state index contributed by atoms with van der Waals surface area (Å²) in [6.07, 6.45) is 0. The molecule has 0 aromatic heterocycles. The van der Waals surface area contributed by atoms with Crippen molar-refractivity contribution in [2.45, 2.75) is 0 Å². The minimum absolute atomic E-state index is 0.